The van der Waals surface area contributed by atoms with Crippen molar-refractivity contribution in [2.45, 2.75) is 26.8 Å². The maximum Gasteiger partial charge on any atom is 0.239 e. The Morgan fingerprint density at radius 1 is 1.45 bits per heavy atom. The number of amides is 1. The molecule has 0 aromatic rings. The number of hydrogen-bond acceptors (Lipinski definition) is 2. The topological polar surface area (TPSA) is 32.3 Å². The second kappa shape index (κ2) is 5.13. The van der Waals surface area contributed by atoms with Crippen molar-refractivity contribution >= 4 is 5.91 Å². The van der Waals surface area contributed by atoms with E-state index in [1.54, 1.807) is 7.05 Å². The summed E-state index contributed by atoms with van der Waals surface area (Å²) in [6.45, 7) is 7.44. The molecule has 0 unspecified atom stereocenters. The molecule has 3 nitrogen and oxygen atoms in total. The summed E-state index contributed by atoms with van der Waals surface area (Å²) in [5.74, 6) is 0.178. The molecule has 11 heavy (non-hydrogen) atoms. The second-order valence-electron chi connectivity index (χ2n) is 2.52. The molecule has 0 spiro atoms. The Morgan fingerprint density at radius 2 is 1.91 bits per heavy atom. The molecular formula is C8H18N2O. The van der Waals surface area contributed by atoms with Gasteiger partial charge in [0.25, 0.3) is 0 Å². The maximum absolute atomic E-state index is 11.4. The molecule has 0 radical (unpaired) electrons. The van der Waals surface area contributed by atoms with Crippen LogP contribution in [0.25, 0.3) is 0 Å². The Kier molecular flexibility index (Phi) is 4.86. The Morgan fingerprint density at radius 3 is 2.18 bits per heavy atom. The lowest BCUT2D eigenvalue weighted by atomic mass is 10.3. The molecule has 3 heteroatoms. The normalized spacial score (nSPS) is 12.7. The van der Waals surface area contributed by atoms with Crippen molar-refractivity contribution in [1.29, 1.82) is 0 Å². The van der Waals surface area contributed by atoms with Crippen molar-refractivity contribution in [1.82, 2.24) is 10.2 Å². The lowest BCUT2D eigenvalue weighted by molar-refractivity contribution is -0.132. The van der Waals surface area contributed by atoms with Crippen LogP contribution in [0.2, 0.25) is 0 Å². The quantitative estimate of drug-likeness (QED) is 0.644. The van der Waals surface area contributed by atoms with E-state index in [1.807, 2.05) is 25.7 Å². The van der Waals surface area contributed by atoms with Crippen molar-refractivity contribution in [2.75, 3.05) is 20.1 Å². The highest BCUT2D eigenvalue weighted by Gasteiger charge is 2.15. The zero-order chi connectivity index (χ0) is 8.85. The van der Waals surface area contributed by atoms with Gasteiger partial charge in [-0.1, -0.05) is 0 Å². The third-order valence-corrected chi connectivity index (χ3v) is 1.88. The molecule has 0 heterocycles. The van der Waals surface area contributed by atoms with E-state index in [4.69, 9.17) is 0 Å². The first-order valence-electron chi connectivity index (χ1n) is 4.13. The van der Waals surface area contributed by atoms with Gasteiger partial charge in [0, 0.05) is 13.1 Å². The Balaban J connectivity index is 3.97. The van der Waals surface area contributed by atoms with Gasteiger partial charge < -0.3 is 10.2 Å². The molecule has 0 fully saturated rings. The van der Waals surface area contributed by atoms with Crippen LogP contribution in [0.15, 0.2) is 0 Å². The molecule has 0 aromatic heterocycles. The third-order valence-electron chi connectivity index (χ3n) is 1.88. The molecule has 0 bridgehead atoms. The van der Waals surface area contributed by atoms with Gasteiger partial charge in [-0.15, -0.1) is 0 Å². The smallest absolute Gasteiger partial charge is 0.239 e. The average molecular weight is 158 g/mol. The first-order chi connectivity index (χ1) is 5.17. The first-order valence-corrected chi connectivity index (χ1v) is 4.13. The maximum atomic E-state index is 11.4. The summed E-state index contributed by atoms with van der Waals surface area (Å²) in [6, 6.07) is -0.0603. The van der Waals surface area contributed by atoms with Gasteiger partial charge in [0.15, 0.2) is 0 Å². The molecule has 1 N–H and O–H groups in total. The van der Waals surface area contributed by atoms with Gasteiger partial charge in [0.2, 0.25) is 5.91 Å². The van der Waals surface area contributed by atoms with Crippen LogP contribution in [0.4, 0.5) is 0 Å². The fraction of sp³-hybridized carbons (Fsp3) is 0.875. The van der Waals surface area contributed by atoms with Crippen molar-refractivity contribution in [3.05, 3.63) is 0 Å². The number of nitrogens with zero attached hydrogens (tertiary/aromatic N) is 1. The third kappa shape index (κ3) is 2.89. The van der Waals surface area contributed by atoms with Gasteiger partial charge in [-0.25, -0.2) is 0 Å². The Labute approximate surface area is 68.8 Å². The van der Waals surface area contributed by atoms with Crippen LogP contribution in [0.3, 0.4) is 0 Å². The minimum Gasteiger partial charge on any atom is -0.342 e. The molecule has 1 amide bonds. The van der Waals surface area contributed by atoms with Gasteiger partial charge >= 0.3 is 0 Å². The van der Waals surface area contributed by atoms with Crippen LogP contribution < -0.4 is 5.32 Å². The largest absolute Gasteiger partial charge is 0.342 e. The fourth-order valence-electron chi connectivity index (χ4n) is 0.933. The van der Waals surface area contributed by atoms with Crippen LogP contribution >= 0.6 is 0 Å². The summed E-state index contributed by atoms with van der Waals surface area (Å²) in [6.07, 6.45) is 0. The lowest BCUT2D eigenvalue weighted by Crippen LogP contribution is -2.43. The van der Waals surface area contributed by atoms with Crippen LogP contribution in [0, 0.1) is 0 Å². The van der Waals surface area contributed by atoms with Gasteiger partial charge in [-0.3, -0.25) is 4.79 Å². The minimum absolute atomic E-state index is 0.0603. The highest BCUT2D eigenvalue weighted by molar-refractivity contribution is 5.81. The van der Waals surface area contributed by atoms with E-state index in [0.29, 0.717) is 0 Å². The van der Waals surface area contributed by atoms with Gasteiger partial charge in [0.05, 0.1) is 6.04 Å². The van der Waals surface area contributed by atoms with Crippen LogP contribution in [-0.4, -0.2) is 37.0 Å². The highest BCUT2D eigenvalue weighted by Crippen LogP contribution is 1.93. The molecule has 0 saturated carbocycles. The molecular weight excluding hydrogens is 140 g/mol. The van der Waals surface area contributed by atoms with E-state index in [2.05, 4.69) is 5.32 Å². The minimum atomic E-state index is -0.0603. The first kappa shape index (κ1) is 10.4. The van der Waals surface area contributed by atoms with Crippen molar-refractivity contribution in [3.8, 4) is 0 Å². The summed E-state index contributed by atoms with van der Waals surface area (Å²) in [7, 11) is 1.80. The number of likely N-dealkylation sites (N-methyl/N-ethyl adjacent to an activating group) is 2. The highest BCUT2D eigenvalue weighted by atomic mass is 16.2. The van der Waals surface area contributed by atoms with E-state index in [9.17, 15) is 4.79 Å². The lowest BCUT2D eigenvalue weighted by Gasteiger charge is -2.22. The fourth-order valence-corrected chi connectivity index (χ4v) is 0.933. The van der Waals surface area contributed by atoms with E-state index >= 15 is 0 Å². The predicted octanol–water partition coefficient (Wildman–Crippen LogP) is 0.463. The molecule has 0 aliphatic heterocycles. The second-order valence-corrected chi connectivity index (χ2v) is 2.52. The van der Waals surface area contributed by atoms with Gasteiger partial charge in [0.1, 0.15) is 0 Å². The number of carbonyl (C=O) groups excluding carboxylic acids is 1. The molecule has 0 rings (SSSR count). The van der Waals surface area contributed by atoms with Gasteiger partial charge in [-0.2, -0.15) is 0 Å². The zero-order valence-corrected chi connectivity index (χ0v) is 7.85. The number of hydrogen-bond donors (Lipinski definition) is 1. The molecule has 0 aliphatic carbocycles. The molecule has 0 saturated heterocycles. The van der Waals surface area contributed by atoms with Crippen LogP contribution in [-0.2, 0) is 4.79 Å². The summed E-state index contributed by atoms with van der Waals surface area (Å²) >= 11 is 0. The van der Waals surface area contributed by atoms with Crippen LogP contribution in [0.1, 0.15) is 20.8 Å². The SMILES string of the molecule is CCN(CC)C(=O)[C@H](C)NC. The number of nitrogens with one attached hydrogen (secondary N) is 1. The summed E-state index contributed by atoms with van der Waals surface area (Å²) < 4.78 is 0. The standard InChI is InChI=1S/C8H18N2O/c1-5-10(6-2)8(11)7(3)9-4/h7,9H,5-6H2,1-4H3/t7-/m0/s1. The van der Waals surface area contributed by atoms with E-state index in [0.717, 1.165) is 13.1 Å². The predicted molar refractivity (Wildman–Crippen MR) is 46.4 cm³/mol. The van der Waals surface area contributed by atoms with Crippen LogP contribution in [0.5, 0.6) is 0 Å². The van der Waals surface area contributed by atoms with Crippen molar-refractivity contribution in [3.63, 3.8) is 0 Å². The van der Waals surface area contributed by atoms with E-state index in [1.165, 1.54) is 0 Å². The summed E-state index contributed by atoms with van der Waals surface area (Å²) in [5, 5.41) is 2.92. The Bertz CT molecular complexity index is 121. The molecule has 66 valence electrons. The average Bonchev–Trinajstić information content (AvgIpc) is 2.05. The van der Waals surface area contributed by atoms with Crippen molar-refractivity contribution < 1.29 is 4.79 Å². The zero-order valence-electron chi connectivity index (χ0n) is 7.85. The molecule has 0 aliphatic rings. The van der Waals surface area contributed by atoms with E-state index < -0.39 is 0 Å². The summed E-state index contributed by atoms with van der Waals surface area (Å²) in [5.41, 5.74) is 0. The Hall–Kier alpha value is -0.570. The molecule has 1 atom stereocenters. The van der Waals surface area contributed by atoms with E-state index in [-0.39, 0.29) is 11.9 Å². The molecule has 0 aromatic carbocycles. The number of carbonyl (C=O) groups is 1. The van der Waals surface area contributed by atoms with Gasteiger partial charge in [-0.05, 0) is 27.8 Å². The summed E-state index contributed by atoms with van der Waals surface area (Å²) in [4.78, 5) is 13.2. The van der Waals surface area contributed by atoms with Crippen molar-refractivity contribution in [2.24, 2.45) is 0 Å². The number of rotatable bonds is 4. The monoisotopic (exact) mass is 158 g/mol.